The standard InChI is InChI=1S/C17H18N4O2S/c1-11(12-5-7-13(23-2)8-6-12)18-17-19-16(22)15(20-21-17)10-14-4-3-9-24-14/h3-9,11H,10H2,1-2H3,(H2,18,19,21,22). The van der Waals surface area contributed by atoms with Gasteiger partial charge in [-0.2, -0.15) is 0 Å². The van der Waals surface area contributed by atoms with Crippen molar-refractivity contribution in [3.05, 3.63) is 68.3 Å². The molecule has 0 aliphatic carbocycles. The summed E-state index contributed by atoms with van der Waals surface area (Å²) in [6.45, 7) is 1.99. The van der Waals surface area contributed by atoms with E-state index in [1.165, 1.54) is 0 Å². The Morgan fingerprint density at radius 1 is 1.25 bits per heavy atom. The SMILES string of the molecule is COc1ccc(C(C)Nc2nnc(Cc3cccs3)c(=O)[nH]2)cc1. The predicted molar refractivity (Wildman–Crippen MR) is 94.8 cm³/mol. The maximum absolute atomic E-state index is 12.2. The van der Waals surface area contributed by atoms with Crippen molar-refractivity contribution in [1.82, 2.24) is 15.2 Å². The van der Waals surface area contributed by atoms with Gasteiger partial charge in [-0.1, -0.05) is 18.2 Å². The molecule has 0 saturated carbocycles. The fourth-order valence-electron chi connectivity index (χ4n) is 2.30. The summed E-state index contributed by atoms with van der Waals surface area (Å²) in [6.07, 6.45) is 0.494. The normalized spacial score (nSPS) is 11.9. The second kappa shape index (κ2) is 7.27. The van der Waals surface area contributed by atoms with Crippen LogP contribution in [0.25, 0.3) is 0 Å². The smallest absolute Gasteiger partial charge is 0.274 e. The van der Waals surface area contributed by atoms with Gasteiger partial charge in [-0.05, 0) is 36.1 Å². The number of H-pyrrole nitrogens is 1. The molecule has 2 N–H and O–H groups in total. The fourth-order valence-corrected chi connectivity index (χ4v) is 3.01. The van der Waals surface area contributed by atoms with Gasteiger partial charge in [0.25, 0.3) is 5.56 Å². The highest BCUT2D eigenvalue weighted by Gasteiger charge is 2.10. The van der Waals surface area contributed by atoms with Crippen molar-refractivity contribution < 1.29 is 4.74 Å². The van der Waals surface area contributed by atoms with E-state index in [0.29, 0.717) is 18.1 Å². The van der Waals surface area contributed by atoms with Gasteiger partial charge in [0.2, 0.25) is 5.95 Å². The number of hydrogen-bond donors (Lipinski definition) is 2. The second-order valence-corrected chi connectivity index (χ2v) is 6.38. The summed E-state index contributed by atoms with van der Waals surface area (Å²) in [5.74, 6) is 1.16. The van der Waals surface area contributed by atoms with E-state index in [4.69, 9.17) is 4.74 Å². The topological polar surface area (TPSA) is 79.9 Å². The van der Waals surface area contributed by atoms with E-state index in [-0.39, 0.29) is 11.6 Å². The van der Waals surface area contributed by atoms with Crippen molar-refractivity contribution in [2.45, 2.75) is 19.4 Å². The average Bonchev–Trinajstić information content (AvgIpc) is 3.10. The first-order valence-electron chi connectivity index (χ1n) is 7.54. The van der Waals surface area contributed by atoms with Crippen molar-refractivity contribution in [2.24, 2.45) is 0 Å². The summed E-state index contributed by atoms with van der Waals surface area (Å²) in [6, 6.07) is 11.6. The molecule has 0 bridgehead atoms. The molecule has 2 aromatic heterocycles. The van der Waals surface area contributed by atoms with Crippen molar-refractivity contribution in [2.75, 3.05) is 12.4 Å². The number of methoxy groups -OCH3 is 1. The van der Waals surface area contributed by atoms with Crippen LogP contribution in [0, 0.1) is 0 Å². The van der Waals surface area contributed by atoms with Crippen LogP contribution in [-0.2, 0) is 6.42 Å². The highest BCUT2D eigenvalue weighted by atomic mass is 32.1. The zero-order valence-corrected chi connectivity index (χ0v) is 14.3. The van der Waals surface area contributed by atoms with E-state index in [0.717, 1.165) is 16.2 Å². The Morgan fingerprint density at radius 3 is 2.67 bits per heavy atom. The van der Waals surface area contributed by atoms with Gasteiger partial charge in [0.1, 0.15) is 11.4 Å². The Bertz CT molecular complexity index is 844. The van der Waals surface area contributed by atoms with Gasteiger partial charge in [-0.3, -0.25) is 9.78 Å². The molecule has 0 saturated heterocycles. The number of thiophene rings is 1. The van der Waals surface area contributed by atoms with E-state index < -0.39 is 0 Å². The number of nitrogens with zero attached hydrogens (tertiary/aromatic N) is 2. The number of aromatic nitrogens is 3. The van der Waals surface area contributed by atoms with Crippen molar-refractivity contribution in [3.8, 4) is 5.75 Å². The van der Waals surface area contributed by atoms with Crippen LogP contribution in [0.15, 0.2) is 46.6 Å². The molecule has 0 fully saturated rings. The van der Waals surface area contributed by atoms with Crippen LogP contribution < -0.4 is 15.6 Å². The van der Waals surface area contributed by atoms with Crippen molar-refractivity contribution >= 4 is 17.3 Å². The summed E-state index contributed by atoms with van der Waals surface area (Å²) in [5.41, 5.74) is 1.25. The van der Waals surface area contributed by atoms with Crippen LogP contribution in [0.5, 0.6) is 5.75 Å². The van der Waals surface area contributed by atoms with Gasteiger partial charge in [-0.15, -0.1) is 21.5 Å². The number of aromatic amines is 1. The molecule has 0 aliphatic rings. The summed E-state index contributed by atoms with van der Waals surface area (Å²) >= 11 is 1.60. The molecule has 2 heterocycles. The third kappa shape index (κ3) is 3.80. The molecule has 124 valence electrons. The molecule has 1 atom stereocenters. The molecule has 0 aliphatic heterocycles. The number of benzene rings is 1. The van der Waals surface area contributed by atoms with Crippen molar-refractivity contribution in [3.63, 3.8) is 0 Å². The average molecular weight is 342 g/mol. The number of anilines is 1. The lowest BCUT2D eigenvalue weighted by atomic mass is 10.1. The van der Waals surface area contributed by atoms with E-state index in [1.54, 1.807) is 18.4 Å². The van der Waals surface area contributed by atoms with E-state index in [9.17, 15) is 4.79 Å². The van der Waals surface area contributed by atoms with Gasteiger partial charge >= 0.3 is 0 Å². The first-order chi connectivity index (χ1) is 11.7. The number of rotatable bonds is 6. The molecule has 0 spiro atoms. The van der Waals surface area contributed by atoms with Gasteiger partial charge in [0.15, 0.2) is 0 Å². The zero-order chi connectivity index (χ0) is 16.9. The van der Waals surface area contributed by atoms with Crippen LogP contribution in [0.3, 0.4) is 0 Å². The lowest BCUT2D eigenvalue weighted by Gasteiger charge is -2.14. The molecular formula is C17H18N4O2S. The number of nitrogens with one attached hydrogen (secondary N) is 2. The Morgan fingerprint density at radius 2 is 2.04 bits per heavy atom. The molecule has 3 aromatic rings. The molecule has 0 amide bonds. The minimum absolute atomic E-state index is 0.0241. The largest absolute Gasteiger partial charge is 0.497 e. The highest BCUT2D eigenvalue weighted by molar-refractivity contribution is 7.09. The van der Waals surface area contributed by atoms with Gasteiger partial charge < -0.3 is 10.1 Å². The summed E-state index contributed by atoms with van der Waals surface area (Å²) < 4.78 is 5.15. The summed E-state index contributed by atoms with van der Waals surface area (Å²) in [5, 5.41) is 13.3. The molecule has 0 radical (unpaired) electrons. The van der Waals surface area contributed by atoms with Gasteiger partial charge in [-0.25, -0.2) is 0 Å². The van der Waals surface area contributed by atoms with Crippen LogP contribution in [0.2, 0.25) is 0 Å². The first kappa shape index (κ1) is 16.2. The van der Waals surface area contributed by atoms with Crippen LogP contribution >= 0.6 is 11.3 Å². The second-order valence-electron chi connectivity index (χ2n) is 5.34. The highest BCUT2D eigenvalue weighted by Crippen LogP contribution is 2.19. The maximum Gasteiger partial charge on any atom is 0.274 e. The summed E-state index contributed by atoms with van der Waals surface area (Å²) in [4.78, 5) is 16.0. The van der Waals surface area contributed by atoms with E-state index in [1.807, 2.05) is 48.7 Å². The lowest BCUT2D eigenvalue weighted by Crippen LogP contribution is -2.20. The molecular weight excluding hydrogens is 324 g/mol. The van der Waals surface area contributed by atoms with E-state index in [2.05, 4.69) is 20.5 Å². The predicted octanol–water partition coefficient (Wildman–Crippen LogP) is 3.00. The Labute approximate surface area is 143 Å². The van der Waals surface area contributed by atoms with Crippen LogP contribution in [0.1, 0.15) is 29.1 Å². The molecule has 3 rings (SSSR count). The zero-order valence-electron chi connectivity index (χ0n) is 13.4. The molecule has 24 heavy (non-hydrogen) atoms. The van der Waals surface area contributed by atoms with Crippen LogP contribution in [0.4, 0.5) is 5.95 Å². The lowest BCUT2D eigenvalue weighted by molar-refractivity contribution is 0.414. The molecule has 6 nitrogen and oxygen atoms in total. The maximum atomic E-state index is 12.2. The fraction of sp³-hybridized carbons (Fsp3) is 0.235. The van der Waals surface area contributed by atoms with E-state index >= 15 is 0 Å². The molecule has 7 heteroatoms. The Hall–Kier alpha value is -2.67. The minimum atomic E-state index is -0.220. The van der Waals surface area contributed by atoms with Gasteiger partial charge in [0, 0.05) is 11.3 Å². The third-order valence-corrected chi connectivity index (χ3v) is 4.53. The Kier molecular flexibility index (Phi) is 4.90. The monoisotopic (exact) mass is 342 g/mol. The van der Waals surface area contributed by atoms with Crippen LogP contribution in [-0.4, -0.2) is 22.3 Å². The minimum Gasteiger partial charge on any atom is -0.497 e. The molecule has 1 unspecified atom stereocenters. The first-order valence-corrected chi connectivity index (χ1v) is 8.42. The quantitative estimate of drug-likeness (QED) is 0.720. The third-order valence-electron chi connectivity index (χ3n) is 3.66. The summed E-state index contributed by atoms with van der Waals surface area (Å²) in [7, 11) is 1.63. The van der Waals surface area contributed by atoms with Crippen molar-refractivity contribution in [1.29, 1.82) is 0 Å². The number of ether oxygens (including phenoxy) is 1. The van der Waals surface area contributed by atoms with Gasteiger partial charge in [0.05, 0.1) is 13.2 Å². The molecule has 1 aromatic carbocycles. The Balaban J connectivity index is 1.70. The number of hydrogen-bond acceptors (Lipinski definition) is 6.